The van der Waals surface area contributed by atoms with Gasteiger partial charge in [0, 0.05) is 34.2 Å². The molecule has 2 heterocycles. The van der Waals surface area contributed by atoms with Crippen molar-refractivity contribution < 1.29 is 0 Å². The molecule has 50 heavy (non-hydrogen) atoms. The first-order valence-corrected chi connectivity index (χ1v) is 17.5. The Balaban J connectivity index is 1.44. The summed E-state index contributed by atoms with van der Waals surface area (Å²) in [6, 6.07) is 57.8. The van der Waals surface area contributed by atoms with Gasteiger partial charge in [0.1, 0.15) is 0 Å². The highest BCUT2D eigenvalue weighted by molar-refractivity contribution is 5.99. The number of aryl methyl sites for hydroxylation is 4. The summed E-state index contributed by atoms with van der Waals surface area (Å²) in [4.78, 5) is 7.40. The monoisotopic (exact) mass is 645 g/mol. The predicted octanol–water partition coefficient (Wildman–Crippen LogP) is 13.1. The highest BCUT2D eigenvalue weighted by Crippen LogP contribution is 2.62. The zero-order valence-corrected chi connectivity index (χ0v) is 28.9. The Bertz CT molecular complexity index is 2200. The maximum Gasteiger partial charge on any atom is 0.0545 e. The fourth-order valence-corrected chi connectivity index (χ4v) is 7.95. The number of hydrogen-bond donors (Lipinski definition) is 0. The fourth-order valence-electron chi connectivity index (χ4n) is 7.95. The van der Waals surface area contributed by atoms with Crippen molar-refractivity contribution in [3.8, 4) is 0 Å². The topological polar surface area (TPSA) is 9.72 Å². The third-order valence-electron chi connectivity index (χ3n) is 10.6. The molecule has 0 saturated heterocycles. The van der Waals surface area contributed by atoms with Gasteiger partial charge in [-0.2, -0.15) is 0 Å². The van der Waals surface area contributed by atoms with Crippen molar-refractivity contribution in [1.82, 2.24) is 0 Å². The van der Waals surface area contributed by atoms with E-state index in [9.17, 15) is 0 Å². The minimum absolute atomic E-state index is 0.0690. The first-order chi connectivity index (χ1) is 24.5. The molecular weight excluding hydrogens is 607 g/mol. The van der Waals surface area contributed by atoms with Crippen LogP contribution in [0.3, 0.4) is 0 Å². The lowest BCUT2D eigenvalue weighted by Crippen LogP contribution is -2.30. The second-order valence-corrected chi connectivity index (χ2v) is 13.7. The van der Waals surface area contributed by atoms with Crippen molar-refractivity contribution in [1.29, 1.82) is 0 Å². The summed E-state index contributed by atoms with van der Waals surface area (Å²) in [5, 5.41) is 0. The van der Waals surface area contributed by atoms with Crippen LogP contribution in [0.2, 0.25) is 0 Å². The Morgan fingerprint density at radius 3 is 1.14 bits per heavy atom. The smallest absolute Gasteiger partial charge is 0.0545 e. The van der Waals surface area contributed by atoms with E-state index in [0.29, 0.717) is 0 Å². The molecule has 0 saturated carbocycles. The largest absolute Gasteiger partial charge is 0.310 e. The van der Waals surface area contributed by atoms with E-state index in [4.69, 9.17) is 0 Å². The van der Waals surface area contributed by atoms with Crippen LogP contribution < -0.4 is 14.7 Å². The summed E-state index contributed by atoms with van der Waals surface area (Å²) in [5.41, 5.74) is 19.8. The van der Waals surface area contributed by atoms with E-state index < -0.39 is 0 Å². The van der Waals surface area contributed by atoms with Crippen molar-refractivity contribution in [2.75, 3.05) is 14.7 Å². The number of hydrogen-bond acceptors (Lipinski definition) is 3. The van der Waals surface area contributed by atoms with Crippen LogP contribution in [-0.2, 0) is 0 Å². The van der Waals surface area contributed by atoms with Crippen LogP contribution >= 0.6 is 0 Å². The van der Waals surface area contributed by atoms with E-state index in [2.05, 4.69) is 200 Å². The van der Waals surface area contributed by atoms with Gasteiger partial charge in [0.2, 0.25) is 0 Å². The van der Waals surface area contributed by atoms with Crippen LogP contribution in [0.15, 0.2) is 158 Å². The van der Waals surface area contributed by atoms with Crippen LogP contribution in [-0.4, -0.2) is 0 Å². The average Bonchev–Trinajstić information content (AvgIpc) is 3.15. The molecule has 0 aliphatic carbocycles. The Morgan fingerprint density at radius 1 is 0.380 bits per heavy atom. The standard InChI is InChI=1S/C47H39N3/c1-31-25-40-42(27-33(31)3)49(37-21-13-7-14-22-37)44-29-39(48(35-17-9-5-10-18-35)36-19-11-6-12-20-36)30-45-47(44)46(40)41-26-32(2)34(4)28-43(41)50(45)38-23-15-8-16-24-38/h5-30,46H,1-4H3. The third-order valence-corrected chi connectivity index (χ3v) is 10.6. The van der Waals surface area contributed by atoms with E-state index in [1.54, 1.807) is 0 Å². The molecule has 0 fully saturated rings. The van der Waals surface area contributed by atoms with Crippen molar-refractivity contribution in [3.63, 3.8) is 0 Å². The van der Waals surface area contributed by atoms with Crippen LogP contribution in [0.25, 0.3) is 0 Å². The lowest BCUT2D eigenvalue weighted by molar-refractivity contribution is 0.901. The SMILES string of the molecule is Cc1cc2c(cc1C)N(c1ccccc1)c1cc(N(c3ccccc3)c3ccccc3)cc3c1C2c1cc(C)c(C)cc1N3c1ccccc1. The van der Waals surface area contributed by atoms with Crippen molar-refractivity contribution in [2.45, 2.75) is 33.6 Å². The van der Waals surface area contributed by atoms with Crippen molar-refractivity contribution in [2.24, 2.45) is 0 Å². The van der Waals surface area contributed by atoms with Gasteiger partial charge in [0.05, 0.1) is 28.4 Å². The summed E-state index contributed by atoms with van der Waals surface area (Å²) >= 11 is 0. The van der Waals surface area contributed by atoms with E-state index in [0.717, 1.165) is 28.4 Å². The first-order valence-electron chi connectivity index (χ1n) is 17.5. The van der Waals surface area contributed by atoms with Gasteiger partial charge in [-0.15, -0.1) is 0 Å². The van der Waals surface area contributed by atoms with Crippen LogP contribution in [0, 0.1) is 27.7 Å². The summed E-state index contributed by atoms with van der Waals surface area (Å²) in [6.07, 6.45) is 0. The zero-order chi connectivity index (χ0) is 33.9. The molecule has 9 rings (SSSR count). The van der Waals surface area contributed by atoms with E-state index in [1.165, 1.54) is 61.7 Å². The number of rotatable bonds is 5. The molecule has 0 atom stereocenters. The van der Waals surface area contributed by atoms with E-state index in [1.807, 2.05) is 0 Å². The molecule has 242 valence electrons. The second-order valence-electron chi connectivity index (χ2n) is 13.7. The summed E-state index contributed by atoms with van der Waals surface area (Å²) < 4.78 is 0. The summed E-state index contributed by atoms with van der Waals surface area (Å²) in [7, 11) is 0. The van der Waals surface area contributed by atoms with Crippen molar-refractivity contribution >= 4 is 51.2 Å². The molecular formula is C47H39N3. The lowest BCUT2D eigenvalue weighted by Gasteiger charge is -2.46. The number of para-hydroxylation sites is 4. The van der Waals surface area contributed by atoms with Gasteiger partial charge in [-0.05, 0) is 134 Å². The minimum atomic E-state index is 0.0690. The Kier molecular flexibility index (Phi) is 7.10. The maximum atomic E-state index is 2.50. The Hall–Kier alpha value is -6.06. The Morgan fingerprint density at radius 2 is 0.740 bits per heavy atom. The van der Waals surface area contributed by atoms with Crippen molar-refractivity contribution in [3.05, 3.63) is 197 Å². The molecule has 0 spiro atoms. The molecule has 2 aliphatic heterocycles. The van der Waals surface area contributed by atoms with Gasteiger partial charge < -0.3 is 14.7 Å². The van der Waals surface area contributed by atoms with Gasteiger partial charge >= 0.3 is 0 Å². The fraction of sp³-hybridized carbons (Fsp3) is 0.106. The summed E-state index contributed by atoms with van der Waals surface area (Å²) in [5.74, 6) is 0.0690. The van der Waals surface area contributed by atoms with Gasteiger partial charge in [-0.3, -0.25) is 0 Å². The molecule has 0 bridgehead atoms. The van der Waals surface area contributed by atoms with Crippen LogP contribution in [0.5, 0.6) is 0 Å². The number of fused-ring (bicyclic) bond motifs is 4. The molecule has 3 heteroatoms. The lowest BCUT2D eigenvalue weighted by atomic mass is 9.74. The van der Waals surface area contributed by atoms with Crippen LogP contribution in [0.4, 0.5) is 51.2 Å². The molecule has 3 nitrogen and oxygen atoms in total. The molecule has 0 amide bonds. The molecule has 2 aliphatic rings. The minimum Gasteiger partial charge on any atom is -0.310 e. The normalized spacial score (nSPS) is 13.0. The van der Waals surface area contributed by atoms with E-state index >= 15 is 0 Å². The third kappa shape index (κ3) is 4.73. The molecule has 0 radical (unpaired) electrons. The number of nitrogens with zero attached hydrogens (tertiary/aromatic N) is 3. The quantitative estimate of drug-likeness (QED) is 0.184. The zero-order valence-electron chi connectivity index (χ0n) is 28.9. The van der Waals surface area contributed by atoms with Gasteiger partial charge in [-0.1, -0.05) is 84.9 Å². The Labute approximate surface area is 295 Å². The highest BCUT2D eigenvalue weighted by Gasteiger charge is 2.42. The molecule has 7 aromatic carbocycles. The number of benzene rings is 7. The molecule has 7 aromatic rings. The van der Waals surface area contributed by atoms with Gasteiger partial charge in [0.15, 0.2) is 0 Å². The van der Waals surface area contributed by atoms with Gasteiger partial charge in [-0.25, -0.2) is 0 Å². The molecule has 0 aromatic heterocycles. The average molecular weight is 646 g/mol. The summed E-state index contributed by atoms with van der Waals surface area (Å²) in [6.45, 7) is 8.98. The van der Waals surface area contributed by atoms with Crippen LogP contribution in [0.1, 0.15) is 44.9 Å². The first kappa shape index (κ1) is 30.0. The van der Waals surface area contributed by atoms with E-state index in [-0.39, 0.29) is 5.92 Å². The number of anilines is 9. The molecule has 0 N–H and O–H groups in total. The predicted molar refractivity (Wildman–Crippen MR) is 210 cm³/mol. The second kappa shape index (κ2) is 11.8. The molecule has 0 unspecified atom stereocenters. The maximum absolute atomic E-state index is 2.50. The van der Waals surface area contributed by atoms with Gasteiger partial charge in [0.25, 0.3) is 0 Å². The highest BCUT2D eigenvalue weighted by atomic mass is 15.2.